The van der Waals surface area contributed by atoms with Gasteiger partial charge < -0.3 is 9.84 Å². The van der Waals surface area contributed by atoms with E-state index < -0.39 is 0 Å². The van der Waals surface area contributed by atoms with Crippen molar-refractivity contribution >= 4 is 0 Å². The lowest BCUT2D eigenvalue weighted by molar-refractivity contribution is 0.0776. The summed E-state index contributed by atoms with van der Waals surface area (Å²) in [7, 11) is 1.71. The zero-order chi connectivity index (χ0) is 7.40. The maximum absolute atomic E-state index is 9.23. The zero-order valence-electron chi connectivity index (χ0n) is 6.47. The Hall–Kier alpha value is -0.0800. The number of methoxy groups -OCH3 is 1. The van der Waals surface area contributed by atoms with E-state index in [9.17, 15) is 5.11 Å². The molecule has 0 spiro atoms. The Balaban J connectivity index is 2.30. The van der Waals surface area contributed by atoms with Crippen molar-refractivity contribution in [1.29, 1.82) is 0 Å². The van der Waals surface area contributed by atoms with Crippen LogP contribution in [0.15, 0.2) is 0 Å². The van der Waals surface area contributed by atoms with E-state index in [-0.39, 0.29) is 6.10 Å². The quantitative estimate of drug-likeness (QED) is 0.568. The monoisotopic (exact) mass is 143 g/mol. The molecule has 1 radical (unpaired) electrons. The highest BCUT2D eigenvalue weighted by molar-refractivity contribution is 4.82. The summed E-state index contributed by atoms with van der Waals surface area (Å²) in [5.74, 6) is 0. The van der Waals surface area contributed by atoms with Gasteiger partial charge in [-0.05, 0) is 12.8 Å². The largest absolute Gasteiger partial charge is 0.387 e. The van der Waals surface area contributed by atoms with Crippen molar-refractivity contribution in [1.82, 2.24) is 0 Å². The predicted molar refractivity (Wildman–Crippen MR) is 39.1 cm³/mol. The molecule has 1 rings (SSSR count). The molecule has 1 N–H and O–H groups in total. The molecular formula is C8H15O2. The van der Waals surface area contributed by atoms with Crippen LogP contribution in [0.25, 0.3) is 0 Å². The second-order valence-electron chi connectivity index (χ2n) is 2.87. The summed E-state index contributed by atoms with van der Waals surface area (Å²) < 4.78 is 5.16. The second-order valence-corrected chi connectivity index (χ2v) is 2.87. The molecule has 10 heavy (non-hydrogen) atoms. The Kier molecular flexibility index (Phi) is 3.16. The number of hydrogen-bond acceptors (Lipinski definition) is 2. The van der Waals surface area contributed by atoms with Crippen LogP contribution < -0.4 is 0 Å². The zero-order valence-corrected chi connectivity index (χ0v) is 6.47. The molecule has 1 aliphatic rings. The first-order valence-corrected chi connectivity index (χ1v) is 3.89. The van der Waals surface area contributed by atoms with E-state index in [1.54, 1.807) is 7.11 Å². The molecule has 0 amide bonds. The van der Waals surface area contributed by atoms with E-state index in [4.69, 9.17) is 4.74 Å². The highest BCUT2D eigenvalue weighted by Gasteiger charge is 2.17. The summed E-state index contributed by atoms with van der Waals surface area (Å²) in [5.41, 5.74) is 0. The molecule has 1 atom stereocenters. The summed E-state index contributed by atoms with van der Waals surface area (Å²) in [4.78, 5) is 0. The van der Waals surface area contributed by atoms with Crippen molar-refractivity contribution in [3.05, 3.63) is 6.10 Å². The third kappa shape index (κ3) is 2.27. The Morgan fingerprint density at radius 3 is 3.00 bits per heavy atom. The molecule has 0 heterocycles. The number of aliphatic hydroxyl groups is 1. The van der Waals surface area contributed by atoms with Crippen LogP contribution in [0.1, 0.15) is 32.1 Å². The normalized spacial score (nSPS) is 30.0. The van der Waals surface area contributed by atoms with Crippen molar-refractivity contribution in [3.63, 3.8) is 0 Å². The fourth-order valence-electron chi connectivity index (χ4n) is 1.37. The number of aliphatic hydroxyl groups excluding tert-OH is 1. The van der Waals surface area contributed by atoms with Gasteiger partial charge in [-0.2, -0.15) is 0 Å². The molecule has 1 fully saturated rings. The van der Waals surface area contributed by atoms with Crippen LogP contribution in [0.2, 0.25) is 0 Å². The number of rotatable bonds is 1. The van der Waals surface area contributed by atoms with Gasteiger partial charge in [0, 0.05) is 13.5 Å². The molecule has 1 saturated carbocycles. The molecule has 1 unspecified atom stereocenters. The van der Waals surface area contributed by atoms with Gasteiger partial charge in [0.1, 0.15) is 0 Å². The highest BCUT2D eigenvalue weighted by atomic mass is 16.5. The maximum atomic E-state index is 9.23. The standard InChI is InChI=1S/C8H15O2/c1-10-8-5-3-2-4-7(9)6-8/h8-9H,2-6H2,1H3. The third-order valence-electron chi connectivity index (χ3n) is 2.04. The maximum Gasteiger partial charge on any atom is 0.0959 e. The van der Waals surface area contributed by atoms with Crippen molar-refractivity contribution in [2.75, 3.05) is 7.11 Å². The average molecular weight is 143 g/mol. The lowest BCUT2D eigenvalue weighted by Gasteiger charge is -2.12. The van der Waals surface area contributed by atoms with Crippen LogP contribution in [0.5, 0.6) is 0 Å². The molecule has 0 aromatic rings. The van der Waals surface area contributed by atoms with Crippen molar-refractivity contribution in [2.24, 2.45) is 0 Å². The van der Waals surface area contributed by atoms with E-state index in [1.807, 2.05) is 0 Å². The molecule has 2 nitrogen and oxygen atoms in total. The van der Waals surface area contributed by atoms with Crippen LogP contribution in [-0.4, -0.2) is 18.3 Å². The van der Waals surface area contributed by atoms with Gasteiger partial charge >= 0.3 is 0 Å². The van der Waals surface area contributed by atoms with Crippen LogP contribution >= 0.6 is 0 Å². The number of ether oxygens (including phenoxy) is 1. The summed E-state index contributed by atoms with van der Waals surface area (Å²) in [6.07, 6.45) is 5.90. The third-order valence-corrected chi connectivity index (χ3v) is 2.04. The minimum atomic E-state index is 0.266. The van der Waals surface area contributed by atoms with Crippen LogP contribution in [0.4, 0.5) is 0 Å². The second kappa shape index (κ2) is 3.94. The fraction of sp³-hybridized carbons (Fsp3) is 0.875. The Morgan fingerprint density at radius 2 is 2.30 bits per heavy atom. The Bertz CT molecular complexity index is 93.3. The smallest absolute Gasteiger partial charge is 0.0959 e. The Morgan fingerprint density at radius 1 is 1.50 bits per heavy atom. The van der Waals surface area contributed by atoms with Gasteiger partial charge in [-0.25, -0.2) is 0 Å². The molecule has 59 valence electrons. The topological polar surface area (TPSA) is 29.5 Å². The minimum absolute atomic E-state index is 0.266. The van der Waals surface area contributed by atoms with Gasteiger partial charge in [-0.3, -0.25) is 0 Å². The van der Waals surface area contributed by atoms with E-state index in [1.165, 1.54) is 6.42 Å². The summed E-state index contributed by atoms with van der Waals surface area (Å²) in [6.45, 7) is 0. The summed E-state index contributed by atoms with van der Waals surface area (Å²) in [5, 5.41) is 9.23. The molecule has 2 heteroatoms. The highest BCUT2D eigenvalue weighted by Crippen LogP contribution is 2.23. The van der Waals surface area contributed by atoms with E-state index in [2.05, 4.69) is 0 Å². The molecule has 0 aliphatic heterocycles. The fourth-order valence-corrected chi connectivity index (χ4v) is 1.37. The summed E-state index contributed by atoms with van der Waals surface area (Å²) in [6, 6.07) is 0. The molecular weight excluding hydrogens is 128 g/mol. The minimum Gasteiger partial charge on any atom is -0.387 e. The molecule has 0 saturated heterocycles. The average Bonchev–Trinajstić information content (AvgIpc) is 2.13. The van der Waals surface area contributed by atoms with Crippen LogP contribution in [0.3, 0.4) is 0 Å². The SMILES string of the molecule is COC1CCCC[C](O)C1. The molecule has 1 aliphatic carbocycles. The Labute approximate surface area is 62.2 Å². The van der Waals surface area contributed by atoms with Gasteiger partial charge in [0.2, 0.25) is 0 Å². The van der Waals surface area contributed by atoms with Gasteiger partial charge in [0.15, 0.2) is 0 Å². The molecule has 0 bridgehead atoms. The lowest BCUT2D eigenvalue weighted by Crippen LogP contribution is -2.11. The molecule has 0 aromatic heterocycles. The van der Waals surface area contributed by atoms with Gasteiger partial charge in [0.05, 0.1) is 12.2 Å². The van der Waals surface area contributed by atoms with Crippen LogP contribution in [0, 0.1) is 6.10 Å². The lowest BCUT2D eigenvalue weighted by atomic mass is 10.1. The van der Waals surface area contributed by atoms with Crippen molar-refractivity contribution < 1.29 is 9.84 Å². The van der Waals surface area contributed by atoms with E-state index in [0.717, 1.165) is 25.7 Å². The first-order valence-electron chi connectivity index (χ1n) is 3.89. The van der Waals surface area contributed by atoms with E-state index in [0.29, 0.717) is 6.10 Å². The first kappa shape index (κ1) is 8.02. The van der Waals surface area contributed by atoms with Crippen LogP contribution in [-0.2, 0) is 4.74 Å². The van der Waals surface area contributed by atoms with Crippen molar-refractivity contribution in [3.8, 4) is 0 Å². The number of hydrogen-bond donors (Lipinski definition) is 1. The predicted octanol–water partition coefficient (Wildman–Crippen LogP) is 1.87. The van der Waals surface area contributed by atoms with Gasteiger partial charge in [0.25, 0.3) is 0 Å². The van der Waals surface area contributed by atoms with Crippen molar-refractivity contribution in [2.45, 2.75) is 38.2 Å². The van der Waals surface area contributed by atoms with Gasteiger partial charge in [-0.15, -0.1) is 0 Å². The molecule has 0 aromatic carbocycles. The van der Waals surface area contributed by atoms with Gasteiger partial charge in [-0.1, -0.05) is 12.8 Å². The summed E-state index contributed by atoms with van der Waals surface area (Å²) >= 11 is 0. The van der Waals surface area contributed by atoms with E-state index >= 15 is 0 Å². The first-order chi connectivity index (χ1) is 4.83.